The minimum atomic E-state index is 0.0153. The predicted octanol–water partition coefficient (Wildman–Crippen LogP) is 2.85. The molecule has 1 aromatic carbocycles. The van der Waals surface area contributed by atoms with Gasteiger partial charge < -0.3 is 14.5 Å². The molecule has 0 aliphatic carbocycles. The molecule has 1 fully saturated rings. The van der Waals surface area contributed by atoms with Crippen molar-refractivity contribution in [2.24, 2.45) is 0 Å². The molecule has 24 heavy (non-hydrogen) atoms. The SMILES string of the molecule is O=C(COc1ccccc1)N1CCCN(c2ccncc2Cl)CC1. The molecule has 0 N–H and O–H groups in total. The van der Waals surface area contributed by atoms with Crippen LogP contribution in [-0.4, -0.2) is 48.6 Å². The van der Waals surface area contributed by atoms with Gasteiger partial charge >= 0.3 is 0 Å². The van der Waals surface area contributed by atoms with Crippen LogP contribution in [-0.2, 0) is 4.79 Å². The van der Waals surface area contributed by atoms with E-state index < -0.39 is 0 Å². The molecule has 5 nitrogen and oxygen atoms in total. The van der Waals surface area contributed by atoms with Crippen LogP contribution >= 0.6 is 11.6 Å². The molecular weight excluding hydrogens is 326 g/mol. The Balaban J connectivity index is 1.55. The summed E-state index contributed by atoms with van der Waals surface area (Å²) in [6.07, 6.45) is 4.29. The second-order valence-electron chi connectivity index (χ2n) is 5.65. The number of amides is 1. The molecule has 1 aliphatic heterocycles. The van der Waals surface area contributed by atoms with Crippen molar-refractivity contribution in [3.63, 3.8) is 0 Å². The Hall–Kier alpha value is -2.27. The van der Waals surface area contributed by atoms with Gasteiger partial charge in [0.25, 0.3) is 5.91 Å². The van der Waals surface area contributed by atoms with Crippen molar-refractivity contribution < 1.29 is 9.53 Å². The van der Waals surface area contributed by atoms with Crippen molar-refractivity contribution >= 4 is 23.2 Å². The van der Waals surface area contributed by atoms with Crippen LogP contribution in [0.2, 0.25) is 5.02 Å². The first-order valence-electron chi connectivity index (χ1n) is 8.04. The molecular formula is C18H20ClN3O2. The number of halogens is 1. The average Bonchev–Trinajstić information content (AvgIpc) is 2.87. The van der Waals surface area contributed by atoms with Crippen LogP contribution in [0, 0.1) is 0 Å². The number of carbonyl (C=O) groups is 1. The number of para-hydroxylation sites is 1. The van der Waals surface area contributed by atoms with Crippen molar-refractivity contribution in [3.05, 3.63) is 53.8 Å². The van der Waals surface area contributed by atoms with Gasteiger partial charge in [0.2, 0.25) is 0 Å². The summed E-state index contributed by atoms with van der Waals surface area (Å²) in [5.74, 6) is 0.729. The topological polar surface area (TPSA) is 45.7 Å². The van der Waals surface area contributed by atoms with Gasteiger partial charge in [-0.1, -0.05) is 29.8 Å². The fraction of sp³-hybridized carbons (Fsp3) is 0.333. The fourth-order valence-electron chi connectivity index (χ4n) is 2.79. The number of hydrogen-bond donors (Lipinski definition) is 0. The molecule has 2 heterocycles. The lowest BCUT2D eigenvalue weighted by Gasteiger charge is -2.24. The lowest BCUT2D eigenvalue weighted by Crippen LogP contribution is -2.38. The zero-order valence-corrected chi connectivity index (χ0v) is 14.2. The molecule has 6 heteroatoms. The number of carbonyl (C=O) groups excluding carboxylic acids is 1. The van der Waals surface area contributed by atoms with E-state index in [1.165, 1.54) is 0 Å². The Morgan fingerprint density at radius 3 is 2.75 bits per heavy atom. The van der Waals surface area contributed by atoms with Crippen LogP contribution < -0.4 is 9.64 Å². The van der Waals surface area contributed by atoms with Crippen molar-refractivity contribution in [2.75, 3.05) is 37.7 Å². The molecule has 0 atom stereocenters. The third-order valence-electron chi connectivity index (χ3n) is 4.05. The Kier molecular flexibility index (Phi) is 5.54. The molecule has 0 radical (unpaired) electrons. The summed E-state index contributed by atoms with van der Waals surface area (Å²) < 4.78 is 5.56. The Bertz CT molecular complexity index is 681. The number of nitrogens with zero attached hydrogens (tertiary/aromatic N) is 3. The first-order valence-corrected chi connectivity index (χ1v) is 8.42. The van der Waals surface area contributed by atoms with Crippen LogP contribution in [0.1, 0.15) is 6.42 Å². The monoisotopic (exact) mass is 345 g/mol. The first-order chi connectivity index (χ1) is 11.7. The van der Waals surface area contributed by atoms with Crippen LogP contribution in [0.4, 0.5) is 5.69 Å². The first kappa shape index (κ1) is 16.6. The van der Waals surface area contributed by atoms with E-state index in [1.807, 2.05) is 41.3 Å². The highest BCUT2D eigenvalue weighted by molar-refractivity contribution is 6.33. The maximum Gasteiger partial charge on any atom is 0.260 e. The van der Waals surface area contributed by atoms with Crippen LogP contribution in [0.5, 0.6) is 5.75 Å². The Morgan fingerprint density at radius 2 is 1.96 bits per heavy atom. The Labute approximate surface area is 146 Å². The number of aromatic nitrogens is 1. The summed E-state index contributed by atoms with van der Waals surface area (Å²) >= 11 is 6.22. The van der Waals surface area contributed by atoms with Crippen molar-refractivity contribution in [1.29, 1.82) is 0 Å². The minimum Gasteiger partial charge on any atom is -0.484 e. The number of anilines is 1. The predicted molar refractivity (Wildman–Crippen MR) is 94.6 cm³/mol. The van der Waals surface area contributed by atoms with Gasteiger partial charge in [-0.05, 0) is 24.6 Å². The molecule has 1 amide bonds. The minimum absolute atomic E-state index is 0.0153. The van der Waals surface area contributed by atoms with Gasteiger partial charge in [0, 0.05) is 38.6 Å². The molecule has 0 saturated carbocycles. The highest BCUT2D eigenvalue weighted by atomic mass is 35.5. The van der Waals surface area contributed by atoms with Crippen molar-refractivity contribution in [1.82, 2.24) is 9.88 Å². The molecule has 0 spiro atoms. The third kappa shape index (κ3) is 4.17. The molecule has 3 rings (SSSR count). The van der Waals surface area contributed by atoms with E-state index in [4.69, 9.17) is 16.3 Å². The molecule has 0 bridgehead atoms. The molecule has 2 aromatic rings. The van der Waals surface area contributed by atoms with Gasteiger partial charge in [0.1, 0.15) is 5.75 Å². The van der Waals surface area contributed by atoms with E-state index in [0.717, 1.165) is 31.7 Å². The maximum atomic E-state index is 12.4. The van der Waals surface area contributed by atoms with Crippen molar-refractivity contribution in [2.45, 2.75) is 6.42 Å². The van der Waals surface area contributed by atoms with Crippen molar-refractivity contribution in [3.8, 4) is 5.75 Å². The van der Waals surface area contributed by atoms with Crippen LogP contribution in [0.25, 0.3) is 0 Å². The zero-order valence-electron chi connectivity index (χ0n) is 13.4. The van der Waals surface area contributed by atoms with Gasteiger partial charge in [-0.25, -0.2) is 0 Å². The summed E-state index contributed by atoms with van der Waals surface area (Å²) in [5.41, 5.74) is 0.974. The zero-order chi connectivity index (χ0) is 16.8. The van der Waals surface area contributed by atoms with Crippen LogP contribution in [0.15, 0.2) is 48.8 Å². The molecule has 1 aromatic heterocycles. The number of rotatable bonds is 4. The van der Waals surface area contributed by atoms with Gasteiger partial charge in [-0.3, -0.25) is 9.78 Å². The van der Waals surface area contributed by atoms with Gasteiger partial charge in [-0.15, -0.1) is 0 Å². The molecule has 126 valence electrons. The van der Waals surface area contributed by atoms with Crippen LogP contribution in [0.3, 0.4) is 0 Å². The highest BCUT2D eigenvalue weighted by Gasteiger charge is 2.20. The number of hydrogen-bond acceptors (Lipinski definition) is 4. The third-order valence-corrected chi connectivity index (χ3v) is 4.34. The number of pyridine rings is 1. The Morgan fingerprint density at radius 1 is 1.12 bits per heavy atom. The van der Waals surface area contributed by atoms with E-state index in [2.05, 4.69) is 9.88 Å². The fourth-order valence-corrected chi connectivity index (χ4v) is 3.02. The quantitative estimate of drug-likeness (QED) is 0.854. The highest BCUT2D eigenvalue weighted by Crippen LogP contribution is 2.25. The summed E-state index contributed by atoms with van der Waals surface area (Å²) in [7, 11) is 0. The van der Waals surface area contributed by atoms with Gasteiger partial charge in [0.05, 0.1) is 10.7 Å². The molecule has 1 aliphatic rings. The second-order valence-corrected chi connectivity index (χ2v) is 6.06. The van der Waals surface area contributed by atoms with E-state index in [1.54, 1.807) is 12.4 Å². The summed E-state index contributed by atoms with van der Waals surface area (Å²) in [6.45, 7) is 3.08. The number of benzene rings is 1. The number of ether oxygens (including phenoxy) is 1. The lowest BCUT2D eigenvalue weighted by atomic mass is 10.3. The molecule has 0 unspecified atom stereocenters. The van der Waals surface area contributed by atoms with E-state index >= 15 is 0 Å². The normalized spacial score (nSPS) is 15.0. The maximum absolute atomic E-state index is 12.4. The van der Waals surface area contributed by atoms with E-state index in [9.17, 15) is 4.79 Å². The van der Waals surface area contributed by atoms with Gasteiger partial charge in [0.15, 0.2) is 6.61 Å². The summed E-state index contributed by atoms with van der Waals surface area (Å²) in [5, 5.41) is 0.643. The summed E-state index contributed by atoms with van der Waals surface area (Å²) in [4.78, 5) is 20.5. The average molecular weight is 346 g/mol. The molecule has 1 saturated heterocycles. The lowest BCUT2D eigenvalue weighted by molar-refractivity contribution is -0.133. The van der Waals surface area contributed by atoms with Gasteiger partial charge in [-0.2, -0.15) is 0 Å². The largest absolute Gasteiger partial charge is 0.484 e. The van der Waals surface area contributed by atoms with E-state index in [-0.39, 0.29) is 12.5 Å². The standard InChI is InChI=1S/C18H20ClN3O2/c19-16-13-20-8-7-17(16)21-9-4-10-22(12-11-21)18(23)14-24-15-5-2-1-3-6-15/h1-3,5-8,13H,4,9-12,14H2. The smallest absolute Gasteiger partial charge is 0.260 e. The summed E-state index contributed by atoms with van der Waals surface area (Å²) in [6, 6.07) is 11.3. The van der Waals surface area contributed by atoms with E-state index in [0.29, 0.717) is 17.3 Å². The second kappa shape index (κ2) is 8.02.